The fourth-order valence-corrected chi connectivity index (χ4v) is 2.29. The maximum atomic E-state index is 11.0. The lowest BCUT2D eigenvalue weighted by molar-refractivity contribution is -0.0509. The molecule has 0 radical (unpaired) electrons. The Morgan fingerprint density at radius 3 is 2.48 bits per heavy atom. The number of allylic oxidation sites excluding steroid dienone is 2. The van der Waals surface area contributed by atoms with Crippen molar-refractivity contribution in [1.82, 2.24) is 0 Å². The van der Waals surface area contributed by atoms with Crippen molar-refractivity contribution in [3.8, 4) is 11.5 Å². The molecule has 0 aliphatic rings. The molecule has 1 aromatic carbocycles. The molecule has 1 unspecified atom stereocenters. The predicted molar refractivity (Wildman–Crippen MR) is 88.9 cm³/mol. The van der Waals surface area contributed by atoms with E-state index in [1.54, 1.807) is 20.8 Å². The number of rotatable bonds is 7. The molecule has 0 bridgehead atoms. The number of hydrogen-bond donors (Lipinski definition) is 4. The molecule has 0 aromatic heterocycles. The van der Waals surface area contributed by atoms with Gasteiger partial charge in [0, 0.05) is 5.56 Å². The maximum Gasteiger partial charge on any atom is 0.154 e. The molecular formula is C18H26O5. The first-order valence-electron chi connectivity index (χ1n) is 7.63. The van der Waals surface area contributed by atoms with Crippen LogP contribution in [-0.4, -0.2) is 38.4 Å². The number of carbonyl (C=O) groups is 1. The molecule has 0 aliphatic carbocycles. The summed E-state index contributed by atoms with van der Waals surface area (Å²) in [5.74, 6) is -0.246. The minimum Gasteiger partial charge on any atom is -0.508 e. The van der Waals surface area contributed by atoms with Crippen molar-refractivity contribution in [2.75, 3.05) is 0 Å². The minimum atomic E-state index is -1.15. The monoisotopic (exact) mass is 322 g/mol. The minimum absolute atomic E-state index is 0.0498. The van der Waals surface area contributed by atoms with Gasteiger partial charge in [-0.3, -0.25) is 4.79 Å². The SMILES string of the molecule is CC(=CCc1c(O)cc(C)c(C=O)c1O)CCC(O)C(C)(C)O. The second kappa shape index (κ2) is 7.62. The average Bonchev–Trinajstić information content (AvgIpc) is 2.43. The number of benzene rings is 1. The van der Waals surface area contributed by atoms with Crippen LogP contribution >= 0.6 is 0 Å². The van der Waals surface area contributed by atoms with Crippen LogP contribution in [0.4, 0.5) is 0 Å². The van der Waals surface area contributed by atoms with E-state index in [9.17, 15) is 25.2 Å². The molecule has 4 N–H and O–H groups in total. The van der Waals surface area contributed by atoms with Gasteiger partial charge in [-0.2, -0.15) is 0 Å². The lowest BCUT2D eigenvalue weighted by Gasteiger charge is -2.24. The smallest absolute Gasteiger partial charge is 0.154 e. The topological polar surface area (TPSA) is 98.0 Å². The van der Waals surface area contributed by atoms with Crippen molar-refractivity contribution >= 4 is 6.29 Å². The molecule has 1 atom stereocenters. The molecule has 1 rings (SSSR count). The van der Waals surface area contributed by atoms with E-state index in [0.717, 1.165) is 5.57 Å². The van der Waals surface area contributed by atoms with E-state index < -0.39 is 11.7 Å². The zero-order valence-corrected chi connectivity index (χ0v) is 14.1. The number of carbonyl (C=O) groups excluding carboxylic acids is 1. The van der Waals surface area contributed by atoms with E-state index in [4.69, 9.17) is 0 Å². The third kappa shape index (κ3) is 5.08. The molecule has 0 heterocycles. The van der Waals surface area contributed by atoms with Crippen LogP contribution in [0.1, 0.15) is 55.1 Å². The lowest BCUT2D eigenvalue weighted by Crippen LogP contribution is -2.35. The number of aliphatic hydroxyl groups excluding tert-OH is 1. The zero-order chi connectivity index (χ0) is 17.8. The normalized spacial score (nSPS) is 13.9. The number of phenolic OH excluding ortho intramolecular Hbond substituents is 2. The number of aromatic hydroxyl groups is 2. The zero-order valence-electron chi connectivity index (χ0n) is 14.1. The summed E-state index contributed by atoms with van der Waals surface area (Å²) in [5.41, 5.74) is 0.821. The van der Waals surface area contributed by atoms with Gasteiger partial charge in [-0.25, -0.2) is 0 Å². The van der Waals surface area contributed by atoms with Gasteiger partial charge >= 0.3 is 0 Å². The first-order chi connectivity index (χ1) is 10.6. The van der Waals surface area contributed by atoms with Gasteiger partial charge in [-0.1, -0.05) is 11.6 Å². The van der Waals surface area contributed by atoms with Crippen LogP contribution < -0.4 is 0 Å². The van der Waals surface area contributed by atoms with Gasteiger partial charge in [0.15, 0.2) is 6.29 Å². The molecule has 0 aliphatic heterocycles. The Hall–Kier alpha value is -1.85. The van der Waals surface area contributed by atoms with E-state index in [-0.39, 0.29) is 23.5 Å². The molecule has 0 amide bonds. The Labute approximate surface area is 136 Å². The van der Waals surface area contributed by atoms with Gasteiger partial charge in [0.05, 0.1) is 17.3 Å². The Balaban J connectivity index is 2.83. The first kappa shape index (κ1) is 19.2. The summed E-state index contributed by atoms with van der Waals surface area (Å²) < 4.78 is 0. The Bertz CT molecular complexity index is 596. The van der Waals surface area contributed by atoms with Crippen molar-refractivity contribution < 1.29 is 25.2 Å². The third-order valence-corrected chi connectivity index (χ3v) is 4.03. The second-order valence-electron chi connectivity index (χ2n) is 6.53. The summed E-state index contributed by atoms with van der Waals surface area (Å²) >= 11 is 0. The fourth-order valence-electron chi connectivity index (χ4n) is 2.29. The molecular weight excluding hydrogens is 296 g/mol. The molecule has 0 spiro atoms. The van der Waals surface area contributed by atoms with Crippen LogP contribution in [0.2, 0.25) is 0 Å². The second-order valence-corrected chi connectivity index (χ2v) is 6.53. The highest BCUT2D eigenvalue weighted by Crippen LogP contribution is 2.33. The van der Waals surface area contributed by atoms with Crippen LogP contribution in [0, 0.1) is 6.92 Å². The Morgan fingerprint density at radius 1 is 1.35 bits per heavy atom. The van der Waals surface area contributed by atoms with Crippen molar-refractivity contribution in [2.45, 2.75) is 58.7 Å². The Morgan fingerprint density at radius 2 is 1.96 bits per heavy atom. The molecule has 0 saturated heterocycles. The van der Waals surface area contributed by atoms with Crippen LogP contribution in [0.25, 0.3) is 0 Å². The highest BCUT2D eigenvalue weighted by molar-refractivity contribution is 5.83. The quantitative estimate of drug-likeness (QED) is 0.457. The summed E-state index contributed by atoms with van der Waals surface area (Å²) in [6.07, 6.45) is 2.85. The van der Waals surface area contributed by atoms with Crippen molar-refractivity contribution in [2.24, 2.45) is 0 Å². The average molecular weight is 322 g/mol. The first-order valence-corrected chi connectivity index (χ1v) is 7.63. The van der Waals surface area contributed by atoms with Gasteiger partial charge < -0.3 is 20.4 Å². The van der Waals surface area contributed by atoms with Crippen LogP contribution in [0.3, 0.4) is 0 Å². The molecule has 23 heavy (non-hydrogen) atoms. The number of hydrogen-bond acceptors (Lipinski definition) is 5. The summed E-state index contributed by atoms with van der Waals surface area (Å²) in [6.45, 7) is 6.63. The number of aldehydes is 1. The highest BCUT2D eigenvalue weighted by Gasteiger charge is 2.23. The molecule has 5 heteroatoms. The van der Waals surface area contributed by atoms with Crippen molar-refractivity contribution in [1.29, 1.82) is 0 Å². The highest BCUT2D eigenvalue weighted by atomic mass is 16.3. The molecule has 5 nitrogen and oxygen atoms in total. The number of aliphatic hydroxyl groups is 2. The Kier molecular flexibility index (Phi) is 6.36. The van der Waals surface area contributed by atoms with Crippen LogP contribution in [-0.2, 0) is 6.42 Å². The summed E-state index contributed by atoms with van der Waals surface area (Å²) in [6, 6.07) is 1.46. The molecule has 1 aromatic rings. The molecule has 128 valence electrons. The van der Waals surface area contributed by atoms with Crippen LogP contribution in [0.5, 0.6) is 11.5 Å². The lowest BCUT2D eigenvalue weighted by atomic mass is 9.95. The van der Waals surface area contributed by atoms with Gasteiger partial charge in [-0.05, 0) is 58.6 Å². The fraction of sp³-hybridized carbons (Fsp3) is 0.500. The van der Waals surface area contributed by atoms with E-state index in [2.05, 4.69) is 0 Å². The predicted octanol–water partition coefficient (Wildman–Crippen LogP) is 2.62. The third-order valence-electron chi connectivity index (χ3n) is 4.03. The van der Waals surface area contributed by atoms with E-state index in [1.165, 1.54) is 6.07 Å². The van der Waals surface area contributed by atoms with Crippen molar-refractivity contribution in [3.05, 3.63) is 34.4 Å². The van der Waals surface area contributed by atoms with Gasteiger partial charge in [-0.15, -0.1) is 0 Å². The molecule has 0 saturated carbocycles. The maximum absolute atomic E-state index is 11.0. The summed E-state index contributed by atoms with van der Waals surface area (Å²) in [4.78, 5) is 11.0. The van der Waals surface area contributed by atoms with Crippen LogP contribution in [0.15, 0.2) is 17.7 Å². The summed E-state index contributed by atoms with van der Waals surface area (Å²) in [7, 11) is 0. The van der Waals surface area contributed by atoms with Gasteiger partial charge in [0.2, 0.25) is 0 Å². The standard InChI is InChI=1S/C18H26O5/c1-11(6-8-16(21)18(3,4)23)5-7-13-15(20)9-12(2)14(10-19)17(13)22/h5,9-10,16,20-23H,6-8H2,1-4H3. The van der Waals surface area contributed by atoms with Gasteiger partial charge in [0.25, 0.3) is 0 Å². The van der Waals surface area contributed by atoms with Crippen molar-refractivity contribution in [3.63, 3.8) is 0 Å². The van der Waals surface area contributed by atoms with E-state index in [1.807, 2.05) is 13.0 Å². The van der Waals surface area contributed by atoms with E-state index >= 15 is 0 Å². The summed E-state index contributed by atoms with van der Waals surface area (Å²) in [5, 5.41) is 39.6. The van der Waals surface area contributed by atoms with Gasteiger partial charge in [0.1, 0.15) is 11.5 Å². The van der Waals surface area contributed by atoms with E-state index in [0.29, 0.717) is 30.3 Å². The largest absolute Gasteiger partial charge is 0.508 e. The number of aryl methyl sites for hydroxylation is 1. The molecule has 0 fully saturated rings. The number of phenols is 2.